The summed E-state index contributed by atoms with van der Waals surface area (Å²) in [5.74, 6) is 1.30. The van der Waals surface area contributed by atoms with Crippen molar-refractivity contribution in [2.45, 2.75) is 31.8 Å². The molecule has 5 rings (SSSR count). The van der Waals surface area contributed by atoms with E-state index in [-0.39, 0.29) is 0 Å². The maximum absolute atomic E-state index is 5.90. The van der Waals surface area contributed by atoms with Gasteiger partial charge in [0.25, 0.3) is 5.89 Å². The molecule has 1 aliphatic heterocycles. The second-order valence-corrected chi connectivity index (χ2v) is 8.49. The van der Waals surface area contributed by atoms with Crippen LogP contribution in [0.25, 0.3) is 21.0 Å². The molecule has 1 aromatic carbocycles. The Hall–Kier alpha value is -2.09. The third-order valence-electron chi connectivity index (χ3n) is 4.75. The molecule has 0 bridgehead atoms. The van der Waals surface area contributed by atoms with Crippen LogP contribution < -0.4 is 0 Å². The van der Waals surface area contributed by atoms with Crippen LogP contribution in [0.15, 0.2) is 46.2 Å². The van der Waals surface area contributed by atoms with Crippen LogP contribution in [0.3, 0.4) is 0 Å². The zero-order valence-electron chi connectivity index (χ0n) is 14.2. The number of fused-ring (bicyclic) bond motifs is 1. The second-order valence-electron chi connectivity index (χ2n) is 6.48. The monoisotopic (exact) mass is 382 g/mol. The zero-order valence-corrected chi connectivity index (χ0v) is 15.8. The van der Waals surface area contributed by atoms with Crippen LogP contribution in [0.1, 0.15) is 36.2 Å². The lowest BCUT2D eigenvalue weighted by atomic mass is 10.0. The molecule has 3 aromatic heterocycles. The van der Waals surface area contributed by atoms with Crippen LogP contribution in [-0.4, -0.2) is 26.6 Å². The Morgan fingerprint density at radius 3 is 2.96 bits per heavy atom. The van der Waals surface area contributed by atoms with E-state index in [4.69, 9.17) is 9.40 Å². The fourth-order valence-electron chi connectivity index (χ4n) is 3.48. The van der Waals surface area contributed by atoms with E-state index in [1.165, 1.54) is 22.5 Å². The van der Waals surface area contributed by atoms with Gasteiger partial charge in [0, 0.05) is 0 Å². The normalized spacial score (nSPS) is 18.5. The van der Waals surface area contributed by atoms with Gasteiger partial charge in [0.2, 0.25) is 5.89 Å². The Morgan fingerprint density at radius 2 is 2.08 bits per heavy atom. The van der Waals surface area contributed by atoms with E-state index in [0.717, 1.165) is 23.4 Å². The number of aromatic nitrogens is 3. The van der Waals surface area contributed by atoms with Gasteiger partial charge in [-0.15, -0.1) is 32.9 Å². The molecule has 4 heterocycles. The number of thiophene rings is 1. The van der Waals surface area contributed by atoms with Crippen molar-refractivity contribution in [2.75, 3.05) is 6.54 Å². The lowest BCUT2D eigenvalue weighted by molar-refractivity contribution is 0.128. The second kappa shape index (κ2) is 6.90. The van der Waals surface area contributed by atoms with Crippen LogP contribution in [0.4, 0.5) is 0 Å². The molecule has 0 aliphatic carbocycles. The summed E-state index contributed by atoms with van der Waals surface area (Å²) in [6, 6.07) is 12.7. The summed E-state index contributed by atoms with van der Waals surface area (Å²) in [7, 11) is 0. The summed E-state index contributed by atoms with van der Waals surface area (Å²) in [4.78, 5) is 8.34. The molecule has 1 atom stereocenters. The molecular formula is C19H18N4OS2. The van der Waals surface area contributed by atoms with Crippen molar-refractivity contribution >= 4 is 32.9 Å². The molecule has 1 aliphatic rings. The maximum atomic E-state index is 5.90. The Labute approximate surface area is 159 Å². The predicted octanol–water partition coefficient (Wildman–Crippen LogP) is 5.14. The highest BCUT2D eigenvalue weighted by molar-refractivity contribution is 7.18. The fraction of sp³-hybridized carbons (Fsp3) is 0.316. The standard InChI is InChI=1S/C19H18N4OS2/c1-2-8-15-13(6-1)20-19(26-15)14-7-3-4-10-23(14)12-17-21-22-18(24-17)16-9-5-11-25-16/h1-2,5-6,8-9,11,14H,3-4,7,10,12H2. The summed E-state index contributed by atoms with van der Waals surface area (Å²) in [5.41, 5.74) is 1.09. The van der Waals surface area contributed by atoms with E-state index in [2.05, 4.69) is 39.4 Å². The quantitative estimate of drug-likeness (QED) is 0.489. The topological polar surface area (TPSA) is 55.1 Å². The van der Waals surface area contributed by atoms with Crippen molar-refractivity contribution in [3.8, 4) is 10.8 Å². The Kier molecular flexibility index (Phi) is 4.28. The molecule has 7 heteroatoms. The third-order valence-corrected chi connectivity index (χ3v) is 6.74. The van der Waals surface area contributed by atoms with Gasteiger partial charge in [-0.05, 0) is 43.0 Å². The highest BCUT2D eigenvalue weighted by atomic mass is 32.1. The van der Waals surface area contributed by atoms with Crippen LogP contribution in [0.2, 0.25) is 0 Å². The van der Waals surface area contributed by atoms with E-state index in [9.17, 15) is 0 Å². The largest absolute Gasteiger partial charge is 0.419 e. The first kappa shape index (κ1) is 16.1. The minimum absolute atomic E-state index is 0.332. The average molecular weight is 383 g/mol. The Balaban J connectivity index is 1.39. The lowest BCUT2D eigenvalue weighted by Crippen LogP contribution is -2.33. The number of hydrogen-bond donors (Lipinski definition) is 0. The van der Waals surface area contributed by atoms with Crippen molar-refractivity contribution in [2.24, 2.45) is 0 Å². The number of nitrogens with zero attached hydrogens (tertiary/aromatic N) is 4. The molecule has 0 amide bonds. The average Bonchev–Trinajstić information content (AvgIpc) is 3.42. The molecular weight excluding hydrogens is 364 g/mol. The predicted molar refractivity (Wildman–Crippen MR) is 104 cm³/mol. The SMILES string of the molecule is c1csc(-c2nnc(CN3CCCCC3c3nc4ccccc4s3)o2)c1. The van der Waals surface area contributed by atoms with Crippen molar-refractivity contribution < 1.29 is 4.42 Å². The molecule has 132 valence electrons. The van der Waals surface area contributed by atoms with Gasteiger partial charge in [0.05, 0.1) is 27.7 Å². The molecule has 1 saturated heterocycles. The summed E-state index contributed by atoms with van der Waals surface area (Å²) < 4.78 is 7.16. The van der Waals surface area contributed by atoms with Crippen molar-refractivity contribution in [1.82, 2.24) is 20.1 Å². The molecule has 0 radical (unpaired) electrons. The zero-order chi connectivity index (χ0) is 17.3. The number of benzene rings is 1. The van der Waals surface area contributed by atoms with E-state index < -0.39 is 0 Å². The number of rotatable bonds is 4. The van der Waals surface area contributed by atoms with Crippen molar-refractivity contribution in [3.63, 3.8) is 0 Å². The molecule has 1 unspecified atom stereocenters. The summed E-state index contributed by atoms with van der Waals surface area (Å²) in [6.45, 7) is 1.72. The molecule has 0 saturated carbocycles. The van der Waals surface area contributed by atoms with Crippen molar-refractivity contribution in [3.05, 3.63) is 52.7 Å². The van der Waals surface area contributed by atoms with Crippen LogP contribution in [-0.2, 0) is 6.54 Å². The highest BCUT2D eigenvalue weighted by Gasteiger charge is 2.28. The van der Waals surface area contributed by atoms with Gasteiger partial charge >= 0.3 is 0 Å². The molecule has 26 heavy (non-hydrogen) atoms. The summed E-state index contributed by atoms with van der Waals surface area (Å²) in [6.07, 6.45) is 3.57. The first-order chi connectivity index (χ1) is 12.9. The van der Waals surface area contributed by atoms with Gasteiger partial charge in [-0.3, -0.25) is 4.90 Å². The fourth-order valence-corrected chi connectivity index (χ4v) is 5.26. The number of thiazole rings is 1. The van der Waals surface area contributed by atoms with Gasteiger partial charge in [0.1, 0.15) is 5.01 Å². The van der Waals surface area contributed by atoms with Gasteiger partial charge in [-0.1, -0.05) is 24.6 Å². The van der Waals surface area contributed by atoms with Crippen molar-refractivity contribution in [1.29, 1.82) is 0 Å². The van der Waals surface area contributed by atoms with E-state index in [1.54, 1.807) is 22.7 Å². The molecule has 4 aromatic rings. The molecule has 5 nitrogen and oxygen atoms in total. The smallest absolute Gasteiger partial charge is 0.257 e. The van der Waals surface area contributed by atoms with E-state index in [0.29, 0.717) is 24.4 Å². The highest BCUT2D eigenvalue weighted by Crippen LogP contribution is 2.36. The van der Waals surface area contributed by atoms with Crippen LogP contribution in [0, 0.1) is 0 Å². The Morgan fingerprint density at radius 1 is 1.12 bits per heavy atom. The first-order valence-corrected chi connectivity index (χ1v) is 10.5. The molecule has 0 spiro atoms. The summed E-state index contributed by atoms with van der Waals surface area (Å²) in [5, 5.41) is 11.7. The number of likely N-dealkylation sites (tertiary alicyclic amines) is 1. The summed E-state index contributed by atoms with van der Waals surface area (Å²) >= 11 is 3.42. The number of piperidine rings is 1. The van der Waals surface area contributed by atoms with Crippen LogP contribution in [0.5, 0.6) is 0 Å². The third kappa shape index (κ3) is 3.06. The maximum Gasteiger partial charge on any atom is 0.257 e. The van der Waals surface area contributed by atoms with Gasteiger partial charge in [-0.25, -0.2) is 4.98 Å². The van der Waals surface area contributed by atoms with Gasteiger partial charge in [-0.2, -0.15) is 0 Å². The molecule has 0 N–H and O–H groups in total. The first-order valence-electron chi connectivity index (χ1n) is 8.82. The molecule has 1 fully saturated rings. The number of para-hydroxylation sites is 1. The minimum Gasteiger partial charge on any atom is -0.419 e. The number of hydrogen-bond acceptors (Lipinski definition) is 7. The van der Waals surface area contributed by atoms with Gasteiger partial charge < -0.3 is 4.42 Å². The Bertz CT molecular complexity index is 975. The minimum atomic E-state index is 0.332. The van der Waals surface area contributed by atoms with Gasteiger partial charge in [0.15, 0.2) is 0 Å². The van der Waals surface area contributed by atoms with E-state index >= 15 is 0 Å². The van der Waals surface area contributed by atoms with E-state index in [1.807, 2.05) is 17.5 Å². The lowest BCUT2D eigenvalue weighted by Gasteiger charge is -2.33. The van der Waals surface area contributed by atoms with Crippen LogP contribution >= 0.6 is 22.7 Å².